The van der Waals surface area contributed by atoms with Crippen molar-refractivity contribution < 1.29 is 4.79 Å². The summed E-state index contributed by atoms with van der Waals surface area (Å²) in [4.78, 5) is 16.4. The number of carbonyl (C=O) groups excluding carboxylic acids is 1. The average Bonchev–Trinajstić information content (AvgIpc) is 2.23. The van der Waals surface area contributed by atoms with Crippen LogP contribution in [0.3, 0.4) is 0 Å². The fraction of sp³-hybridized carbons (Fsp3) is 0.385. The van der Waals surface area contributed by atoms with Gasteiger partial charge in [-0.05, 0) is 39.5 Å². The van der Waals surface area contributed by atoms with Crippen LogP contribution in [0.2, 0.25) is 0 Å². The summed E-state index contributed by atoms with van der Waals surface area (Å²) in [6, 6.07) is 4.02. The van der Waals surface area contributed by atoms with Gasteiger partial charge in [-0.15, -0.1) is 0 Å². The Morgan fingerprint density at radius 3 is 2.69 bits per heavy atom. The Hall–Kier alpha value is -0.960. The van der Waals surface area contributed by atoms with Gasteiger partial charge < -0.3 is 0 Å². The lowest BCUT2D eigenvalue weighted by atomic mass is 9.92. The number of halogens is 1. The van der Waals surface area contributed by atoms with Crippen molar-refractivity contribution in [2.75, 3.05) is 0 Å². The fourth-order valence-electron chi connectivity index (χ4n) is 1.77. The number of rotatable bonds is 1. The molecule has 0 bridgehead atoms. The Kier molecular flexibility index (Phi) is 2.98. The van der Waals surface area contributed by atoms with Gasteiger partial charge in [0.05, 0.1) is 11.6 Å². The second kappa shape index (κ2) is 4.13. The van der Waals surface area contributed by atoms with Crippen molar-refractivity contribution in [3.8, 4) is 0 Å². The zero-order valence-corrected chi connectivity index (χ0v) is 11.2. The van der Waals surface area contributed by atoms with E-state index in [4.69, 9.17) is 0 Å². The first-order chi connectivity index (χ1) is 7.50. The molecule has 1 heterocycles. The van der Waals surface area contributed by atoms with Gasteiger partial charge in [0.25, 0.3) is 0 Å². The van der Waals surface area contributed by atoms with Crippen LogP contribution in [0, 0.1) is 5.92 Å². The lowest BCUT2D eigenvalue weighted by Gasteiger charge is -2.17. The molecule has 0 N–H and O–H groups in total. The van der Waals surface area contributed by atoms with E-state index >= 15 is 0 Å². The zero-order valence-electron chi connectivity index (χ0n) is 9.62. The van der Waals surface area contributed by atoms with E-state index in [1.165, 1.54) is 5.56 Å². The second-order valence-corrected chi connectivity index (χ2v) is 5.34. The van der Waals surface area contributed by atoms with Gasteiger partial charge in [0.15, 0.2) is 5.78 Å². The average molecular weight is 280 g/mol. The largest absolute Gasteiger partial charge is 0.293 e. The molecule has 0 aliphatic carbocycles. The van der Waals surface area contributed by atoms with Crippen LogP contribution >= 0.6 is 15.9 Å². The third-order valence-corrected chi connectivity index (χ3v) is 3.46. The summed E-state index contributed by atoms with van der Waals surface area (Å²) in [7, 11) is 0. The number of Topliss-reactive ketones (excluding diaryl/α,β-unsaturated/α-hetero) is 1. The van der Waals surface area contributed by atoms with Crippen LogP contribution in [0.25, 0.3) is 0 Å². The Morgan fingerprint density at radius 1 is 1.38 bits per heavy atom. The molecule has 0 amide bonds. The minimum Gasteiger partial charge on any atom is -0.293 e. The molecule has 0 saturated heterocycles. The van der Waals surface area contributed by atoms with Crippen molar-refractivity contribution in [2.24, 2.45) is 10.9 Å². The van der Waals surface area contributed by atoms with Gasteiger partial charge in [0, 0.05) is 16.3 Å². The van der Waals surface area contributed by atoms with Gasteiger partial charge in [0.2, 0.25) is 0 Å². The van der Waals surface area contributed by atoms with Gasteiger partial charge in [-0.1, -0.05) is 20.8 Å². The SMILES string of the molecule is CC1C=Nc2c(Br)cc(C(C)C)cc2C1=O. The Labute approximate surface area is 104 Å². The minimum absolute atomic E-state index is 0.109. The van der Waals surface area contributed by atoms with E-state index in [1.54, 1.807) is 6.21 Å². The van der Waals surface area contributed by atoms with Crippen LogP contribution in [0.15, 0.2) is 21.6 Å². The van der Waals surface area contributed by atoms with Crippen LogP contribution in [0.4, 0.5) is 5.69 Å². The number of nitrogens with zero attached hydrogens (tertiary/aromatic N) is 1. The van der Waals surface area contributed by atoms with E-state index in [9.17, 15) is 4.79 Å². The first-order valence-corrected chi connectivity index (χ1v) is 6.22. The highest BCUT2D eigenvalue weighted by molar-refractivity contribution is 9.10. The molecule has 0 aromatic heterocycles. The summed E-state index contributed by atoms with van der Waals surface area (Å²) in [6.07, 6.45) is 1.71. The molecule has 2 nitrogen and oxygen atoms in total. The molecule has 1 aromatic rings. The second-order valence-electron chi connectivity index (χ2n) is 4.48. The van der Waals surface area contributed by atoms with Gasteiger partial charge in [-0.2, -0.15) is 0 Å². The highest BCUT2D eigenvalue weighted by Crippen LogP contribution is 2.36. The number of hydrogen-bond donors (Lipinski definition) is 0. The van der Waals surface area contributed by atoms with Crippen molar-refractivity contribution in [2.45, 2.75) is 26.7 Å². The third kappa shape index (κ3) is 1.84. The van der Waals surface area contributed by atoms with E-state index in [1.807, 2.05) is 19.1 Å². The normalized spacial score (nSPS) is 19.1. The number of aliphatic imine (C=N–C) groups is 1. The van der Waals surface area contributed by atoms with Gasteiger partial charge in [-0.25, -0.2) is 0 Å². The molecule has 0 saturated carbocycles. The summed E-state index contributed by atoms with van der Waals surface area (Å²) in [6.45, 7) is 6.12. The molecule has 1 aliphatic heterocycles. The summed E-state index contributed by atoms with van der Waals surface area (Å²) >= 11 is 3.48. The summed E-state index contributed by atoms with van der Waals surface area (Å²) in [5, 5.41) is 0. The number of ketones is 1. The predicted octanol–water partition coefficient (Wildman–Crippen LogP) is 4.11. The maximum absolute atomic E-state index is 12.0. The quantitative estimate of drug-likeness (QED) is 0.761. The van der Waals surface area contributed by atoms with Crippen molar-refractivity contribution in [3.63, 3.8) is 0 Å². The van der Waals surface area contributed by atoms with E-state index in [-0.39, 0.29) is 11.7 Å². The molecule has 0 radical (unpaired) electrons. The highest BCUT2D eigenvalue weighted by Gasteiger charge is 2.23. The van der Waals surface area contributed by atoms with Gasteiger partial charge in [-0.3, -0.25) is 9.79 Å². The molecule has 16 heavy (non-hydrogen) atoms. The third-order valence-electron chi connectivity index (χ3n) is 2.86. The molecule has 1 aromatic carbocycles. The van der Waals surface area contributed by atoms with Crippen molar-refractivity contribution >= 4 is 33.6 Å². The molecule has 1 unspecified atom stereocenters. The lowest BCUT2D eigenvalue weighted by Crippen LogP contribution is -2.16. The van der Waals surface area contributed by atoms with Crippen LogP contribution in [0.1, 0.15) is 42.6 Å². The van der Waals surface area contributed by atoms with Gasteiger partial charge >= 0.3 is 0 Å². The standard InChI is InChI=1S/C13H14BrNO/c1-7(2)9-4-10-12(11(14)5-9)15-6-8(3)13(10)16/h4-8H,1-3H3. The Morgan fingerprint density at radius 2 is 2.06 bits per heavy atom. The topological polar surface area (TPSA) is 29.4 Å². The van der Waals surface area contributed by atoms with E-state index in [2.05, 4.69) is 34.8 Å². The Balaban J connectivity index is 2.62. The molecule has 3 heteroatoms. The molecule has 84 valence electrons. The first kappa shape index (κ1) is 11.5. The van der Waals surface area contributed by atoms with Crippen molar-refractivity contribution in [3.05, 3.63) is 27.7 Å². The van der Waals surface area contributed by atoms with Crippen LogP contribution < -0.4 is 0 Å². The Bertz CT molecular complexity index is 477. The first-order valence-electron chi connectivity index (χ1n) is 5.42. The summed E-state index contributed by atoms with van der Waals surface area (Å²) < 4.78 is 0.908. The maximum Gasteiger partial charge on any atom is 0.173 e. The van der Waals surface area contributed by atoms with Gasteiger partial charge in [0.1, 0.15) is 0 Å². The summed E-state index contributed by atoms with van der Waals surface area (Å²) in [5.41, 5.74) is 2.68. The molecule has 2 rings (SSSR count). The van der Waals surface area contributed by atoms with Crippen LogP contribution in [-0.2, 0) is 0 Å². The maximum atomic E-state index is 12.0. The molecular weight excluding hydrogens is 266 g/mol. The molecule has 1 atom stereocenters. The number of benzene rings is 1. The molecule has 0 spiro atoms. The van der Waals surface area contributed by atoms with E-state index in [0.717, 1.165) is 15.7 Å². The minimum atomic E-state index is -0.109. The van der Waals surface area contributed by atoms with E-state index in [0.29, 0.717) is 5.92 Å². The van der Waals surface area contributed by atoms with Crippen LogP contribution in [-0.4, -0.2) is 12.0 Å². The smallest absolute Gasteiger partial charge is 0.173 e. The number of carbonyl (C=O) groups is 1. The fourth-order valence-corrected chi connectivity index (χ4v) is 2.35. The van der Waals surface area contributed by atoms with E-state index < -0.39 is 0 Å². The monoisotopic (exact) mass is 279 g/mol. The number of fused-ring (bicyclic) bond motifs is 1. The lowest BCUT2D eigenvalue weighted by molar-refractivity contribution is 0.0962. The predicted molar refractivity (Wildman–Crippen MR) is 69.9 cm³/mol. The van der Waals surface area contributed by atoms with Crippen molar-refractivity contribution in [1.82, 2.24) is 0 Å². The molecular formula is C13H14BrNO. The van der Waals surface area contributed by atoms with Crippen molar-refractivity contribution in [1.29, 1.82) is 0 Å². The molecule has 1 aliphatic rings. The zero-order chi connectivity index (χ0) is 11.9. The summed E-state index contributed by atoms with van der Waals surface area (Å²) in [5.74, 6) is 0.464. The highest BCUT2D eigenvalue weighted by atomic mass is 79.9. The van der Waals surface area contributed by atoms with Crippen LogP contribution in [0.5, 0.6) is 0 Å². The number of hydrogen-bond acceptors (Lipinski definition) is 2. The molecule has 0 fully saturated rings.